The van der Waals surface area contributed by atoms with E-state index in [1.807, 2.05) is 32.9 Å². The SMILES string of the molecule is CC(C)(C)OC(=O)NCC1CCNc2ccccc21. The predicted octanol–water partition coefficient (Wildman–Crippen LogP) is 3.11. The monoisotopic (exact) mass is 262 g/mol. The predicted molar refractivity (Wildman–Crippen MR) is 76.5 cm³/mol. The number of para-hydroxylation sites is 1. The molecule has 2 rings (SSSR count). The smallest absolute Gasteiger partial charge is 0.407 e. The Hall–Kier alpha value is -1.71. The molecular formula is C15H22N2O2. The van der Waals surface area contributed by atoms with Gasteiger partial charge in [0.15, 0.2) is 0 Å². The second-order valence-electron chi connectivity index (χ2n) is 5.88. The van der Waals surface area contributed by atoms with Crippen molar-refractivity contribution in [1.82, 2.24) is 5.32 Å². The number of benzene rings is 1. The highest BCUT2D eigenvalue weighted by Gasteiger charge is 2.21. The fraction of sp³-hybridized carbons (Fsp3) is 0.533. The van der Waals surface area contributed by atoms with E-state index >= 15 is 0 Å². The quantitative estimate of drug-likeness (QED) is 0.861. The molecule has 0 radical (unpaired) electrons. The molecule has 1 aromatic rings. The Morgan fingerprint density at radius 2 is 2.16 bits per heavy atom. The maximum Gasteiger partial charge on any atom is 0.407 e. The highest BCUT2D eigenvalue weighted by Crippen LogP contribution is 2.30. The fourth-order valence-electron chi connectivity index (χ4n) is 2.28. The molecule has 0 spiro atoms. The summed E-state index contributed by atoms with van der Waals surface area (Å²) >= 11 is 0. The standard InChI is InChI=1S/C15H22N2O2/c1-15(2,3)19-14(18)17-10-11-8-9-16-13-7-5-4-6-12(11)13/h4-7,11,16H,8-10H2,1-3H3,(H,17,18). The first kappa shape index (κ1) is 13.7. The second-order valence-corrected chi connectivity index (χ2v) is 5.88. The van der Waals surface area contributed by atoms with Crippen LogP contribution in [-0.4, -0.2) is 24.8 Å². The maximum absolute atomic E-state index is 11.7. The van der Waals surface area contributed by atoms with E-state index in [1.54, 1.807) is 0 Å². The van der Waals surface area contributed by atoms with Crippen molar-refractivity contribution in [1.29, 1.82) is 0 Å². The molecule has 0 saturated carbocycles. The van der Waals surface area contributed by atoms with E-state index in [0.717, 1.165) is 13.0 Å². The Labute approximate surface area is 114 Å². The molecule has 1 unspecified atom stereocenters. The average Bonchev–Trinajstić information content (AvgIpc) is 2.34. The number of ether oxygens (including phenoxy) is 1. The lowest BCUT2D eigenvalue weighted by atomic mass is 9.91. The third kappa shape index (κ3) is 3.88. The third-order valence-electron chi connectivity index (χ3n) is 3.10. The summed E-state index contributed by atoms with van der Waals surface area (Å²) in [6, 6.07) is 8.25. The van der Waals surface area contributed by atoms with Gasteiger partial charge in [-0.1, -0.05) is 18.2 Å². The van der Waals surface area contributed by atoms with Gasteiger partial charge >= 0.3 is 6.09 Å². The molecule has 0 aromatic heterocycles. The number of hydrogen-bond acceptors (Lipinski definition) is 3. The summed E-state index contributed by atoms with van der Waals surface area (Å²) in [7, 11) is 0. The third-order valence-corrected chi connectivity index (χ3v) is 3.10. The Morgan fingerprint density at radius 3 is 2.89 bits per heavy atom. The number of rotatable bonds is 2. The minimum absolute atomic E-state index is 0.344. The van der Waals surface area contributed by atoms with Gasteiger partial charge in [-0.2, -0.15) is 0 Å². The molecule has 4 nitrogen and oxygen atoms in total. The molecule has 1 aliphatic rings. The van der Waals surface area contributed by atoms with Gasteiger partial charge in [-0.05, 0) is 38.8 Å². The van der Waals surface area contributed by atoms with Crippen LogP contribution in [0.15, 0.2) is 24.3 Å². The molecule has 0 bridgehead atoms. The van der Waals surface area contributed by atoms with E-state index in [-0.39, 0.29) is 6.09 Å². The van der Waals surface area contributed by atoms with Gasteiger partial charge in [0.25, 0.3) is 0 Å². The fourth-order valence-corrected chi connectivity index (χ4v) is 2.28. The maximum atomic E-state index is 11.7. The number of carbonyl (C=O) groups excluding carboxylic acids is 1. The molecule has 0 fully saturated rings. The van der Waals surface area contributed by atoms with Gasteiger partial charge in [-0.15, -0.1) is 0 Å². The molecule has 1 amide bonds. The Morgan fingerprint density at radius 1 is 1.42 bits per heavy atom. The molecule has 19 heavy (non-hydrogen) atoms. The molecule has 0 saturated heterocycles. The summed E-state index contributed by atoms with van der Waals surface area (Å²) in [5.74, 6) is 0.352. The van der Waals surface area contributed by atoms with Gasteiger partial charge in [0.05, 0.1) is 0 Å². The van der Waals surface area contributed by atoms with Gasteiger partial charge < -0.3 is 15.4 Å². The van der Waals surface area contributed by atoms with Crippen molar-refractivity contribution in [2.24, 2.45) is 0 Å². The van der Waals surface area contributed by atoms with Crippen LogP contribution in [0.1, 0.15) is 38.7 Å². The number of carbonyl (C=O) groups is 1. The molecule has 4 heteroatoms. The van der Waals surface area contributed by atoms with Crippen LogP contribution in [0.3, 0.4) is 0 Å². The van der Waals surface area contributed by atoms with Crippen LogP contribution in [0, 0.1) is 0 Å². The average molecular weight is 262 g/mol. The molecule has 0 aliphatic carbocycles. The second kappa shape index (κ2) is 5.51. The molecule has 104 valence electrons. The van der Waals surface area contributed by atoms with E-state index in [0.29, 0.717) is 12.5 Å². The summed E-state index contributed by atoms with van der Waals surface area (Å²) in [4.78, 5) is 11.7. The first-order valence-corrected chi connectivity index (χ1v) is 6.75. The number of amides is 1. The van der Waals surface area contributed by atoms with Gasteiger partial charge in [-0.3, -0.25) is 0 Å². The van der Waals surface area contributed by atoms with E-state index in [4.69, 9.17) is 4.74 Å². The number of anilines is 1. The number of fused-ring (bicyclic) bond motifs is 1. The molecule has 2 N–H and O–H groups in total. The van der Waals surface area contributed by atoms with Crippen molar-refractivity contribution < 1.29 is 9.53 Å². The van der Waals surface area contributed by atoms with E-state index in [2.05, 4.69) is 22.8 Å². The zero-order valence-electron chi connectivity index (χ0n) is 11.8. The zero-order valence-corrected chi connectivity index (χ0v) is 11.8. The Balaban J connectivity index is 1.93. The summed E-state index contributed by atoms with van der Waals surface area (Å²) in [5.41, 5.74) is 1.99. The lowest BCUT2D eigenvalue weighted by Crippen LogP contribution is -2.36. The summed E-state index contributed by atoms with van der Waals surface area (Å²) in [6.07, 6.45) is 0.677. The number of nitrogens with one attached hydrogen (secondary N) is 2. The van der Waals surface area contributed by atoms with Crippen molar-refractivity contribution >= 4 is 11.8 Å². The largest absolute Gasteiger partial charge is 0.444 e. The van der Waals surface area contributed by atoms with Crippen molar-refractivity contribution in [2.75, 3.05) is 18.4 Å². The molecule has 1 atom stereocenters. The van der Waals surface area contributed by atoms with Crippen LogP contribution >= 0.6 is 0 Å². The Kier molecular flexibility index (Phi) is 3.98. The first-order valence-electron chi connectivity index (χ1n) is 6.75. The molecular weight excluding hydrogens is 240 g/mol. The zero-order chi connectivity index (χ0) is 13.9. The minimum Gasteiger partial charge on any atom is -0.444 e. The van der Waals surface area contributed by atoms with Crippen LogP contribution in [0.5, 0.6) is 0 Å². The molecule has 1 heterocycles. The van der Waals surface area contributed by atoms with Crippen molar-refractivity contribution in [3.8, 4) is 0 Å². The minimum atomic E-state index is -0.448. The highest BCUT2D eigenvalue weighted by molar-refractivity contribution is 5.68. The van der Waals surface area contributed by atoms with Crippen molar-refractivity contribution in [3.05, 3.63) is 29.8 Å². The van der Waals surface area contributed by atoms with Crippen LogP contribution in [0.25, 0.3) is 0 Å². The van der Waals surface area contributed by atoms with Crippen LogP contribution in [-0.2, 0) is 4.74 Å². The first-order chi connectivity index (χ1) is 8.96. The van der Waals surface area contributed by atoms with Crippen LogP contribution < -0.4 is 10.6 Å². The van der Waals surface area contributed by atoms with Crippen molar-refractivity contribution in [2.45, 2.75) is 38.7 Å². The molecule has 1 aliphatic heterocycles. The van der Waals surface area contributed by atoms with Crippen LogP contribution in [0.2, 0.25) is 0 Å². The highest BCUT2D eigenvalue weighted by atomic mass is 16.6. The van der Waals surface area contributed by atoms with E-state index < -0.39 is 5.60 Å². The number of hydrogen-bond donors (Lipinski definition) is 2. The summed E-state index contributed by atoms with van der Waals surface area (Å²) < 4.78 is 5.25. The van der Waals surface area contributed by atoms with Gasteiger partial charge in [0.1, 0.15) is 5.60 Å². The topological polar surface area (TPSA) is 50.4 Å². The number of alkyl carbamates (subject to hydrolysis) is 1. The van der Waals surface area contributed by atoms with Gasteiger partial charge in [0.2, 0.25) is 0 Å². The lowest BCUT2D eigenvalue weighted by Gasteiger charge is -2.27. The Bertz CT molecular complexity index is 452. The van der Waals surface area contributed by atoms with Crippen LogP contribution in [0.4, 0.5) is 10.5 Å². The van der Waals surface area contributed by atoms with Crippen molar-refractivity contribution in [3.63, 3.8) is 0 Å². The van der Waals surface area contributed by atoms with Gasteiger partial charge in [-0.25, -0.2) is 4.79 Å². The van der Waals surface area contributed by atoms with E-state index in [1.165, 1.54) is 11.3 Å². The molecule has 1 aromatic carbocycles. The van der Waals surface area contributed by atoms with Gasteiger partial charge in [0, 0.05) is 24.7 Å². The summed E-state index contributed by atoms with van der Waals surface area (Å²) in [6.45, 7) is 7.16. The van der Waals surface area contributed by atoms with E-state index in [9.17, 15) is 4.79 Å². The normalized spacial score (nSPS) is 18.2. The summed E-state index contributed by atoms with van der Waals surface area (Å²) in [5, 5.41) is 6.24. The lowest BCUT2D eigenvalue weighted by molar-refractivity contribution is 0.0524.